The molecule has 22 heavy (non-hydrogen) atoms. The minimum atomic E-state index is -1.01. The SMILES string of the molecule is O=C(O)c1cnc(NC2CCN(c3ccccc3)CC2)nc1. The van der Waals surface area contributed by atoms with Gasteiger partial charge in [0.15, 0.2) is 0 Å². The normalized spacial score (nSPS) is 15.5. The Morgan fingerprint density at radius 1 is 1.14 bits per heavy atom. The van der Waals surface area contributed by atoms with E-state index in [2.05, 4.69) is 44.5 Å². The molecule has 1 aliphatic rings. The van der Waals surface area contributed by atoms with E-state index in [9.17, 15) is 4.79 Å². The molecule has 6 heteroatoms. The molecule has 2 aromatic rings. The molecule has 0 spiro atoms. The molecule has 0 aliphatic carbocycles. The van der Waals surface area contributed by atoms with E-state index in [4.69, 9.17) is 5.11 Å². The smallest absolute Gasteiger partial charge is 0.338 e. The summed E-state index contributed by atoms with van der Waals surface area (Å²) >= 11 is 0. The van der Waals surface area contributed by atoms with Crippen molar-refractivity contribution in [2.75, 3.05) is 23.3 Å². The van der Waals surface area contributed by atoms with E-state index in [0.29, 0.717) is 12.0 Å². The number of nitrogens with one attached hydrogen (secondary N) is 1. The van der Waals surface area contributed by atoms with Crippen LogP contribution in [0.3, 0.4) is 0 Å². The second-order valence-electron chi connectivity index (χ2n) is 5.34. The third-order valence-electron chi connectivity index (χ3n) is 3.85. The minimum absolute atomic E-state index is 0.101. The van der Waals surface area contributed by atoms with Crippen molar-refractivity contribution in [1.29, 1.82) is 0 Å². The van der Waals surface area contributed by atoms with Gasteiger partial charge >= 0.3 is 5.97 Å². The first-order chi connectivity index (χ1) is 10.7. The summed E-state index contributed by atoms with van der Waals surface area (Å²) in [6.45, 7) is 1.96. The number of para-hydroxylation sites is 1. The van der Waals surface area contributed by atoms with E-state index in [1.165, 1.54) is 18.1 Å². The summed E-state index contributed by atoms with van der Waals surface area (Å²) in [5.41, 5.74) is 1.35. The average Bonchev–Trinajstić information content (AvgIpc) is 2.57. The molecule has 0 atom stereocenters. The van der Waals surface area contributed by atoms with Crippen LogP contribution in [0.15, 0.2) is 42.7 Å². The number of hydrogen-bond acceptors (Lipinski definition) is 5. The standard InChI is InChI=1S/C16H18N4O2/c21-15(22)12-10-17-16(18-11-12)19-13-6-8-20(9-7-13)14-4-2-1-3-5-14/h1-5,10-11,13H,6-9H2,(H,21,22)(H,17,18,19). The lowest BCUT2D eigenvalue weighted by molar-refractivity contribution is 0.0696. The van der Waals surface area contributed by atoms with Gasteiger partial charge in [-0.3, -0.25) is 0 Å². The molecule has 114 valence electrons. The zero-order chi connectivity index (χ0) is 15.4. The van der Waals surface area contributed by atoms with Gasteiger partial charge in [-0.05, 0) is 25.0 Å². The van der Waals surface area contributed by atoms with Crippen LogP contribution in [-0.4, -0.2) is 40.2 Å². The van der Waals surface area contributed by atoms with Crippen molar-refractivity contribution in [3.05, 3.63) is 48.3 Å². The number of aromatic nitrogens is 2. The fourth-order valence-electron chi connectivity index (χ4n) is 2.62. The first-order valence-electron chi connectivity index (χ1n) is 7.34. The molecule has 1 fully saturated rings. The summed E-state index contributed by atoms with van der Waals surface area (Å²) in [4.78, 5) is 21.2. The van der Waals surface area contributed by atoms with Gasteiger partial charge in [0.25, 0.3) is 0 Å². The van der Waals surface area contributed by atoms with Gasteiger partial charge in [-0.25, -0.2) is 14.8 Å². The Morgan fingerprint density at radius 3 is 2.36 bits per heavy atom. The van der Waals surface area contributed by atoms with Crippen LogP contribution in [0.25, 0.3) is 0 Å². The lowest BCUT2D eigenvalue weighted by Crippen LogP contribution is -2.39. The zero-order valence-electron chi connectivity index (χ0n) is 12.1. The molecule has 1 saturated heterocycles. The van der Waals surface area contributed by atoms with E-state index < -0.39 is 5.97 Å². The number of hydrogen-bond donors (Lipinski definition) is 2. The largest absolute Gasteiger partial charge is 0.478 e. The Morgan fingerprint density at radius 2 is 1.77 bits per heavy atom. The van der Waals surface area contributed by atoms with Crippen molar-refractivity contribution in [1.82, 2.24) is 9.97 Å². The molecule has 6 nitrogen and oxygen atoms in total. The molecule has 1 aliphatic heterocycles. The van der Waals surface area contributed by atoms with Crippen LogP contribution in [0.2, 0.25) is 0 Å². The third kappa shape index (κ3) is 3.33. The highest BCUT2D eigenvalue weighted by molar-refractivity contribution is 5.86. The summed E-state index contributed by atoms with van der Waals surface area (Å²) in [7, 11) is 0. The molecule has 0 unspecified atom stereocenters. The Hall–Kier alpha value is -2.63. The van der Waals surface area contributed by atoms with Crippen molar-refractivity contribution in [3.63, 3.8) is 0 Å². The Bertz CT molecular complexity index is 622. The van der Waals surface area contributed by atoms with Crippen molar-refractivity contribution in [2.24, 2.45) is 0 Å². The van der Waals surface area contributed by atoms with E-state index in [-0.39, 0.29) is 5.56 Å². The van der Waals surface area contributed by atoms with Crippen molar-refractivity contribution < 1.29 is 9.90 Å². The van der Waals surface area contributed by atoms with Crippen LogP contribution in [0.4, 0.5) is 11.6 Å². The van der Waals surface area contributed by atoms with Gasteiger partial charge in [-0.15, -0.1) is 0 Å². The number of benzene rings is 1. The second-order valence-corrected chi connectivity index (χ2v) is 5.34. The summed E-state index contributed by atoms with van der Waals surface area (Å²) in [6.07, 6.45) is 4.66. The van der Waals surface area contributed by atoms with Crippen LogP contribution in [-0.2, 0) is 0 Å². The van der Waals surface area contributed by atoms with Crippen molar-refractivity contribution in [2.45, 2.75) is 18.9 Å². The fourth-order valence-corrected chi connectivity index (χ4v) is 2.62. The monoisotopic (exact) mass is 298 g/mol. The number of anilines is 2. The van der Waals surface area contributed by atoms with Gasteiger partial charge in [-0.1, -0.05) is 18.2 Å². The molecule has 3 rings (SSSR count). The molecule has 2 heterocycles. The Balaban J connectivity index is 1.54. The van der Waals surface area contributed by atoms with Gasteiger partial charge in [0.1, 0.15) is 0 Å². The quantitative estimate of drug-likeness (QED) is 0.901. The molecular weight excluding hydrogens is 280 g/mol. The van der Waals surface area contributed by atoms with Crippen LogP contribution in [0.5, 0.6) is 0 Å². The fraction of sp³-hybridized carbons (Fsp3) is 0.312. The number of piperidine rings is 1. The summed E-state index contributed by atoms with van der Waals surface area (Å²) in [6, 6.07) is 10.7. The minimum Gasteiger partial charge on any atom is -0.478 e. The number of carboxylic acid groups (broad SMARTS) is 1. The summed E-state index contributed by atoms with van der Waals surface area (Å²) in [5.74, 6) is -0.522. The molecule has 1 aromatic carbocycles. The maximum Gasteiger partial charge on any atom is 0.338 e. The van der Waals surface area contributed by atoms with E-state index in [0.717, 1.165) is 25.9 Å². The van der Waals surface area contributed by atoms with Crippen LogP contribution in [0.1, 0.15) is 23.2 Å². The number of carbonyl (C=O) groups is 1. The number of aromatic carboxylic acids is 1. The van der Waals surface area contributed by atoms with Crippen molar-refractivity contribution in [3.8, 4) is 0 Å². The highest BCUT2D eigenvalue weighted by atomic mass is 16.4. The van der Waals surface area contributed by atoms with E-state index in [1.807, 2.05) is 6.07 Å². The summed E-state index contributed by atoms with van der Waals surface area (Å²) < 4.78 is 0. The van der Waals surface area contributed by atoms with E-state index in [1.54, 1.807) is 0 Å². The second kappa shape index (κ2) is 6.43. The van der Waals surface area contributed by atoms with E-state index >= 15 is 0 Å². The first-order valence-corrected chi connectivity index (χ1v) is 7.34. The van der Waals surface area contributed by atoms with Gasteiger partial charge in [-0.2, -0.15) is 0 Å². The van der Waals surface area contributed by atoms with Crippen LogP contribution >= 0.6 is 0 Å². The predicted octanol–water partition coefficient (Wildman–Crippen LogP) is 2.26. The van der Waals surface area contributed by atoms with Gasteiger partial charge in [0.05, 0.1) is 5.56 Å². The zero-order valence-corrected chi connectivity index (χ0v) is 12.1. The predicted molar refractivity (Wildman–Crippen MR) is 84.3 cm³/mol. The van der Waals surface area contributed by atoms with Crippen LogP contribution < -0.4 is 10.2 Å². The van der Waals surface area contributed by atoms with Crippen molar-refractivity contribution >= 4 is 17.6 Å². The number of rotatable bonds is 4. The number of carboxylic acids is 1. The lowest BCUT2D eigenvalue weighted by Gasteiger charge is -2.33. The molecular formula is C16H18N4O2. The van der Waals surface area contributed by atoms with Gasteiger partial charge in [0.2, 0.25) is 5.95 Å². The topological polar surface area (TPSA) is 78.3 Å². The lowest BCUT2D eigenvalue weighted by atomic mass is 10.0. The maximum absolute atomic E-state index is 10.8. The number of nitrogens with zero attached hydrogens (tertiary/aromatic N) is 3. The molecule has 0 bridgehead atoms. The Kier molecular flexibility index (Phi) is 4.18. The molecule has 0 saturated carbocycles. The van der Waals surface area contributed by atoms with Gasteiger partial charge < -0.3 is 15.3 Å². The molecule has 2 N–H and O–H groups in total. The first kappa shape index (κ1) is 14.3. The average molecular weight is 298 g/mol. The highest BCUT2D eigenvalue weighted by Gasteiger charge is 2.19. The van der Waals surface area contributed by atoms with Gasteiger partial charge in [0, 0.05) is 37.2 Å². The maximum atomic E-state index is 10.8. The molecule has 0 amide bonds. The molecule has 1 aromatic heterocycles. The third-order valence-corrected chi connectivity index (χ3v) is 3.85. The molecule has 0 radical (unpaired) electrons. The highest BCUT2D eigenvalue weighted by Crippen LogP contribution is 2.20. The summed E-state index contributed by atoms with van der Waals surface area (Å²) in [5, 5.41) is 12.1. The van der Waals surface area contributed by atoms with Crippen LogP contribution in [0, 0.1) is 0 Å². The Labute approximate surface area is 128 Å².